The summed E-state index contributed by atoms with van der Waals surface area (Å²) in [6, 6.07) is 13.1. The van der Waals surface area contributed by atoms with E-state index in [4.69, 9.17) is 0 Å². The minimum atomic E-state index is 0.912. The van der Waals surface area contributed by atoms with Crippen LogP contribution in [0, 0.1) is 0 Å². The quantitative estimate of drug-likeness (QED) is 0.933. The molecule has 0 atom stereocenters. The molecule has 0 spiro atoms. The number of fused-ring (bicyclic) bond motifs is 1. The molecular formula is C18H23N3. The fourth-order valence-corrected chi connectivity index (χ4v) is 2.98. The highest BCUT2D eigenvalue weighted by Crippen LogP contribution is 2.17. The van der Waals surface area contributed by atoms with Gasteiger partial charge in [-0.3, -0.25) is 4.90 Å². The number of benzene rings is 1. The monoisotopic (exact) mass is 281 g/mol. The molecule has 3 heteroatoms. The lowest BCUT2D eigenvalue weighted by Gasteiger charge is -2.20. The van der Waals surface area contributed by atoms with Gasteiger partial charge in [-0.15, -0.1) is 0 Å². The van der Waals surface area contributed by atoms with Crippen LogP contribution in [0.4, 0.5) is 5.82 Å². The lowest BCUT2D eigenvalue weighted by atomic mass is 10.0. The van der Waals surface area contributed by atoms with Gasteiger partial charge in [0.05, 0.1) is 0 Å². The highest BCUT2D eigenvalue weighted by molar-refractivity contribution is 5.37. The Bertz CT molecular complexity index is 568. The molecule has 0 amide bonds. The second-order valence-corrected chi connectivity index (χ2v) is 5.62. The van der Waals surface area contributed by atoms with Crippen LogP contribution >= 0.6 is 0 Å². The van der Waals surface area contributed by atoms with Crippen molar-refractivity contribution in [3.05, 3.63) is 59.3 Å². The van der Waals surface area contributed by atoms with Crippen molar-refractivity contribution in [2.75, 3.05) is 25.0 Å². The largest absolute Gasteiger partial charge is 0.370 e. The van der Waals surface area contributed by atoms with Crippen molar-refractivity contribution in [2.24, 2.45) is 0 Å². The summed E-state index contributed by atoms with van der Waals surface area (Å²) in [4.78, 5) is 6.89. The highest BCUT2D eigenvalue weighted by Gasteiger charge is 2.13. The lowest BCUT2D eigenvalue weighted by Crippen LogP contribution is -2.26. The first-order chi connectivity index (χ1) is 10.3. The number of nitrogens with one attached hydrogen (secondary N) is 1. The fraction of sp³-hybridized carbons (Fsp3) is 0.389. The van der Waals surface area contributed by atoms with Crippen LogP contribution in [0.1, 0.15) is 23.6 Å². The van der Waals surface area contributed by atoms with E-state index in [1.54, 1.807) is 0 Å². The Hall–Kier alpha value is -1.87. The highest BCUT2D eigenvalue weighted by atomic mass is 15.1. The van der Waals surface area contributed by atoms with Crippen molar-refractivity contribution in [3.63, 3.8) is 0 Å². The minimum Gasteiger partial charge on any atom is -0.370 e. The molecule has 1 aromatic heterocycles. The molecule has 3 rings (SSSR count). The van der Waals surface area contributed by atoms with Gasteiger partial charge in [-0.25, -0.2) is 4.98 Å². The summed E-state index contributed by atoms with van der Waals surface area (Å²) in [7, 11) is 0. The molecular weight excluding hydrogens is 258 g/mol. The molecule has 1 aliphatic rings. The first-order valence-corrected chi connectivity index (χ1v) is 7.83. The molecule has 2 heterocycles. The predicted molar refractivity (Wildman–Crippen MR) is 87.5 cm³/mol. The maximum Gasteiger partial charge on any atom is 0.126 e. The average molecular weight is 281 g/mol. The topological polar surface area (TPSA) is 28.2 Å². The summed E-state index contributed by atoms with van der Waals surface area (Å²) >= 11 is 0. The average Bonchev–Trinajstić information content (AvgIpc) is 2.71. The van der Waals surface area contributed by atoms with Gasteiger partial charge in [0.15, 0.2) is 0 Å². The molecule has 1 aliphatic heterocycles. The van der Waals surface area contributed by atoms with Gasteiger partial charge in [0.2, 0.25) is 0 Å². The number of nitrogens with zero attached hydrogens (tertiary/aromatic N) is 2. The number of hydrogen-bond acceptors (Lipinski definition) is 3. The normalized spacial score (nSPS) is 15.3. The second-order valence-electron chi connectivity index (χ2n) is 5.62. The zero-order valence-electron chi connectivity index (χ0n) is 12.7. The third kappa shape index (κ3) is 3.61. The first kappa shape index (κ1) is 14.1. The number of anilines is 1. The summed E-state index contributed by atoms with van der Waals surface area (Å²) in [5.41, 5.74) is 4.37. The molecule has 0 aliphatic carbocycles. The van der Waals surface area contributed by atoms with Gasteiger partial charge < -0.3 is 5.32 Å². The van der Waals surface area contributed by atoms with E-state index in [2.05, 4.69) is 58.5 Å². The molecule has 0 saturated carbocycles. The van der Waals surface area contributed by atoms with Gasteiger partial charge in [0, 0.05) is 32.4 Å². The van der Waals surface area contributed by atoms with Crippen LogP contribution in [0.25, 0.3) is 0 Å². The van der Waals surface area contributed by atoms with Crippen LogP contribution in [0.5, 0.6) is 0 Å². The number of rotatable bonds is 4. The smallest absolute Gasteiger partial charge is 0.126 e. The molecule has 1 aromatic carbocycles. The van der Waals surface area contributed by atoms with Crippen LogP contribution in [-0.2, 0) is 19.4 Å². The third-order valence-corrected chi connectivity index (χ3v) is 4.10. The fourth-order valence-electron chi connectivity index (χ4n) is 2.98. The van der Waals surface area contributed by atoms with E-state index in [1.165, 1.54) is 16.7 Å². The summed E-state index contributed by atoms with van der Waals surface area (Å²) in [6.07, 6.45) is 4.21. The first-order valence-electron chi connectivity index (χ1n) is 7.83. The van der Waals surface area contributed by atoms with Crippen LogP contribution < -0.4 is 5.32 Å². The van der Waals surface area contributed by atoms with Gasteiger partial charge >= 0.3 is 0 Å². The lowest BCUT2D eigenvalue weighted by molar-refractivity contribution is 0.279. The SMILES string of the molecule is CCNc1cc(CN2CCc3ccccc3CC2)ccn1. The molecule has 0 radical (unpaired) electrons. The van der Waals surface area contributed by atoms with Gasteiger partial charge in [-0.2, -0.15) is 0 Å². The molecule has 0 unspecified atom stereocenters. The molecule has 3 nitrogen and oxygen atoms in total. The van der Waals surface area contributed by atoms with Gasteiger partial charge in [-0.05, 0) is 48.6 Å². The molecule has 0 fully saturated rings. The zero-order valence-corrected chi connectivity index (χ0v) is 12.7. The standard InChI is InChI=1S/C18H23N3/c1-2-19-18-13-15(7-10-20-18)14-21-11-8-16-5-3-4-6-17(16)9-12-21/h3-7,10,13H,2,8-9,11-12,14H2,1H3,(H,19,20). The maximum atomic E-state index is 4.34. The van der Waals surface area contributed by atoms with Crippen LogP contribution in [-0.4, -0.2) is 29.5 Å². The van der Waals surface area contributed by atoms with E-state index in [9.17, 15) is 0 Å². The molecule has 110 valence electrons. The van der Waals surface area contributed by atoms with Crippen molar-refractivity contribution in [3.8, 4) is 0 Å². The van der Waals surface area contributed by atoms with Gasteiger partial charge in [0.1, 0.15) is 5.82 Å². The van der Waals surface area contributed by atoms with Crippen LogP contribution in [0.3, 0.4) is 0 Å². The van der Waals surface area contributed by atoms with E-state index >= 15 is 0 Å². The minimum absolute atomic E-state index is 0.912. The molecule has 2 aromatic rings. The maximum absolute atomic E-state index is 4.34. The summed E-state index contributed by atoms with van der Waals surface area (Å²) < 4.78 is 0. The predicted octanol–water partition coefficient (Wildman–Crippen LogP) is 3.11. The van der Waals surface area contributed by atoms with E-state index in [1.807, 2.05) is 6.20 Å². The number of aromatic nitrogens is 1. The molecule has 21 heavy (non-hydrogen) atoms. The van der Waals surface area contributed by atoms with E-state index in [0.717, 1.165) is 44.8 Å². The molecule has 0 bridgehead atoms. The van der Waals surface area contributed by atoms with Crippen molar-refractivity contribution < 1.29 is 0 Å². The zero-order chi connectivity index (χ0) is 14.5. The van der Waals surface area contributed by atoms with E-state index < -0.39 is 0 Å². The molecule has 1 N–H and O–H groups in total. The summed E-state index contributed by atoms with van der Waals surface area (Å²) in [6.45, 7) is 6.29. The van der Waals surface area contributed by atoms with Gasteiger partial charge in [0.25, 0.3) is 0 Å². The third-order valence-electron chi connectivity index (χ3n) is 4.10. The number of hydrogen-bond donors (Lipinski definition) is 1. The number of pyridine rings is 1. The van der Waals surface area contributed by atoms with Crippen molar-refractivity contribution >= 4 is 5.82 Å². The van der Waals surface area contributed by atoms with Crippen LogP contribution in [0.15, 0.2) is 42.6 Å². The van der Waals surface area contributed by atoms with E-state index in [0.29, 0.717) is 0 Å². The van der Waals surface area contributed by atoms with Crippen molar-refractivity contribution in [1.29, 1.82) is 0 Å². The van der Waals surface area contributed by atoms with Crippen molar-refractivity contribution in [2.45, 2.75) is 26.3 Å². The Morgan fingerprint density at radius 1 is 1.10 bits per heavy atom. The molecule has 0 saturated heterocycles. The Kier molecular flexibility index (Phi) is 4.51. The van der Waals surface area contributed by atoms with Crippen molar-refractivity contribution in [1.82, 2.24) is 9.88 Å². The van der Waals surface area contributed by atoms with E-state index in [-0.39, 0.29) is 0 Å². The summed E-state index contributed by atoms with van der Waals surface area (Å²) in [5, 5.41) is 3.28. The Labute approximate surface area is 127 Å². The Morgan fingerprint density at radius 3 is 2.48 bits per heavy atom. The summed E-state index contributed by atoms with van der Waals surface area (Å²) in [5.74, 6) is 0.980. The van der Waals surface area contributed by atoms with Crippen LogP contribution in [0.2, 0.25) is 0 Å². The Balaban J connectivity index is 1.65. The Morgan fingerprint density at radius 2 is 1.81 bits per heavy atom. The van der Waals surface area contributed by atoms with Gasteiger partial charge in [-0.1, -0.05) is 24.3 Å². The second kappa shape index (κ2) is 6.72.